The fourth-order valence-electron chi connectivity index (χ4n) is 3.63. The van der Waals surface area contributed by atoms with E-state index in [0.29, 0.717) is 24.8 Å². The van der Waals surface area contributed by atoms with E-state index in [1.165, 1.54) is 4.90 Å². The Morgan fingerprint density at radius 1 is 1.27 bits per heavy atom. The summed E-state index contributed by atoms with van der Waals surface area (Å²) in [7, 11) is 0. The Hall–Kier alpha value is -2.22. The van der Waals surface area contributed by atoms with Crippen LogP contribution < -0.4 is 4.90 Å². The van der Waals surface area contributed by atoms with Crippen LogP contribution in [0.3, 0.4) is 0 Å². The van der Waals surface area contributed by atoms with Crippen LogP contribution in [-0.2, 0) is 0 Å². The number of hydrogen-bond acceptors (Lipinski definition) is 5. The molecule has 0 aromatic carbocycles. The van der Waals surface area contributed by atoms with Gasteiger partial charge in [0.2, 0.25) is 5.82 Å². The first-order valence-corrected chi connectivity index (χ1v) is 9.42. The summed E-state index contributed by atoms with van der Waals surface area (Å²) in [6.07, 6.45) is 2.56. The highest BCUT2D eigenvalue weighted by Gasteiger charge is 2.35. The molecular weight excluding hydrogens is 332 g/mol. The molecule has 26 heavy (non-hydrogen) atoms. The third-order valence-corrected chi connectivity index (χ3v) is 4.94. The number of carbonyl (C=O) groups is 1. The summed E-state index contributed by atoms with van der Waals surface area (Å²) in [6.45, 7) is 11.9. The molecule has 8 heteroatoms. The molecule has 0 aliphatic carbocycles. The van der Waals surface area contributed by atoms with Crippen molar-refractivity contribution in [3.63, 3.8) is 0 Å². The topological polar surface area (TPSA) is 81.5 Å². The van der Waals surface area contributed by atoms with Gasteiger partial charge in [-0.05, 0) is 42.3 Å². The van der Waals surface area contributed by atoms with Gasteiger partial charge in [-0.2, -0.15) is 0 Å². The number of carbonyl (C=O) groups excluding carboxylic acids is 1. The lowest BCUT2D eigenvalue weighted by atomic mass is 10.0. The summed E-state index contributed by atoms with van der Waals surface area (Å²) in [5.41, 5.74) is 0. The van der Waals surface area contributed by atoms with Crippen molar-refractivity contribution in [1.29, 1.82) is 0 Å². The number of piperazine rings is 1. The predicted molar refractivity (Wildman–Crippen MR) is 95.7 cm³/mol. The van der Waals surface area contributed by atoms with Crippen LogP contribution in [0.5, 0.6) is 0 Å². The molecule has 2 aromatic heterocycles. The molecule has 0 radical (unpaired) electrons. The highest BCUT2D eigenvalue weighted by molar-refractivity contribution is 5.91. The predicted octanol–water partition coefficient (Wildman–Crippen LogP) is 0.975. The van der Waals surface area contributed by atoms with E-state index in [4.69, 9.17) is 4.42 Å². The zero-order valence-corrected chi connectivity index (χ0v) is 16.1. The standard InChI is InChI=1S/C18H28N6O2/c1-13(2)12-15(17-19-20-21-24(17)14(3)4)22-7-9-23(10-8-22)18(25)16-6-5-11-26-16/h5-6,11,13-15H,7-10,12H2,1-4H3/p+1/t15-/m0/s1. The Bertz CT molecular complexity index is 701. The minimum atomic E-state index is -0.0264. The SMILES string of the molecule is CC(C)C[C@@H](c1nnnn1C(C)C)[NH+]1CCN(C(=O)c2ccco2)CC1. The van der Waals surface area contributed by atoms with Gasteiger partial charge in [-0.1, -0.05) is 13.8 Å². The Kier molecular flexibility index (Phi) is 5.70. The van der Waals surface area contributed by atoms with E-state index in [-0.39, 0.29) is 18.0 Å². The maximum absolute atomic E-state index is 12.5. The average molecular weight is 361 g/mol. The van der Waals surface area contributed by atoms with Crippen LogP contribution in [0.1, 0.15) is 62.6 Å². The van der Waals surface area contributed by atoms with Crippen LogP contribution in [-0.4, -0.2) is 57.2 Å². The van der Waals surface area contributed by atoms with Crippen LogP contribution in [0.2, 0.25) is 0 Å². The monoisotopic (exact) mass is 361 g/mol. The molecule has 142 valence electrons. The van der Waals surface area contributed by atoms with Gasteiger partial charge in [0, 0.05) is 6.42 Å². The Balaban J connectivity index is 1.71. The molecule has 3 rings (SSSR count). The van der Waals surface area contributed by atoms with E-state index in [1.54, 1.807) is 18.4 Å². The number of rotatable bonds is 6. The molecule has 1 N–H and O–H groups in total. The van der Waals surface area contributed by atoms with Crippen LogP contribution in [0, 0.1) is 5.92 Å². The molecule has 1 aliphatic heterocycles. The molecule has 0 unspecified atom stereocenters. The fraction of sp³-hybridized carbons (Fsp3) is 0.667. The lowest BCUT2D eigenvalue weighted by Crippen LogP contribution is -3.15. The lowest BCUT2D eigenvalue weighted by Gasteiger charge is -2.36. The number of amides is 1. The molecule has 0 bridgehead atoms. The van der Waals surface area contributed by atoms with Crippen LogP contribution in [0.4, 0.5) is 0 Å². The Morgan fingerprint density at radius 2 is 2.00 bits per heavy atom. The van der Waals surface area contributed by atoms with Crippen LogP contribution >= 0.6 is 0 Å². The lowest BCUT2D eigenvalue weighted by molar-refractivity contribution is -0.937. The third kappa shape index (κ3) is 3.95. The van der Waals surface area contributed by atoms with Crippen molar-refractivity contribution in [2.45, 2.75) is 46.2 Å². The number of aromatic nitrogens is 4. The molecule has 0 saturated carbocycles. The second-order valence-electron chi connectivity index (χ2n) is 7.69. The maximum Gasteiger partial charge on any atom is 0.289 e. The summed E-state index contributed by atoms with van der Waals surface area (Å²) >= 11 is 0. The van der Waals surface area contributed by atoms with Crippen molar-refractivity contribution in [2.24, 2.45) is 5.92 Å². The first-order chi connectivity index (χ1) is 12.5. The minimum absolute atomic E-state index is 0.0264. The van der Waals surface area contributed by atoms with E-state index in [1.807, 2.05) is 9.58 Å². The highest BCUT2D eigenvalue weighted by Crippen LogP contribution is 2.19. The molecule has 1 amide bonds. The maximum atomic E-state index is 12.5. The number of furan rings is 1. The normalized spacial score (nSPS) is 17.2. The van der Waals surface area contributed by atoms with Gasteiger partial charge >= 0.3 is 0 Å². The van der Waals surface area contributed by atoms with Crippen LogP contribution in [0.25, 0.3) is 0 Å². The number of hydrogen-bond donors (Lipinski definition) is 1. The number of nitrogens with zero attached hydrogens (tertiary/aromatic N) is 5. The largest absolute Gasteiger partial charge is 0.459 e. The number of nitrogens with one attached hydrogen (secondary N) is 1. The second kappa shape index (κ2) is 7.99. The van der Waals surface area contributed by atoms with E-state index >= 15 is 0 Å². The molecule has 1 fully saturated rings. The van der Waals surface area contributed by atoms with Gasteiger partial charge in [0.1, 0.15) is 6.04 Å². The average Bonchev–Trinajstić information content (AvgIpc) is 3.30. The summed E-state index contributed by atoms with van der Waals surface area (Å²) < 4.78 is 7.18. The quantitative estimate of drug-likeness (QED) is 0.829. The van der Waals surface area contributed by atoms with E-state index in [2.05, 4.69) is 43.2 Å². The van der Waals surface area contributed by atoms with E-state index in [9.17, 15) is 4.79 Å². The molecule has 2 aromatic rings. The van der Waals surface area contributed by atoms with Crippen molar-refractivity contribution >= 4 is 5.91 Å². The van der Waals surface area contributed by atoms with E-state index < -0.39 is 0 Å². The molecule has 1 saturated heterocycles. The second-order valence-corrected chi connectivity index (χ2v) is 7.69. The van der Waals surface area contributed by atoms with Gasteiger partial charge in [0.05, 0.1) is 38.5 Å². The Labute approximate surface area is 154 Å². The molecule has 3 heterocycles. The summed E-state index contributed by atoms with van der Waals surface area (Å²) in [5.74, 6) is 1.89. The molecule has 1 aliphatic rings. The van der Waals surface area contributed by atoms with E-state index in [0.717, 1.165) is 25.3 Å². The number of tetrazole rings is 1. The van der Waals surface area contributed by atoms with Gasteiger partial charge in [0.15, 0.2) is 5.76 Å². The van der Waals surface area contributed by atoms with Crippen molar-refractivity contribution in [2.75, 3.05) is 26.2 Å². The molecular formula is C18H29N6O2+. The smallest absolute Gasteiger partial charge is 0.289 e. The summed E-state index contributed by atoms with van der Waals surface area (Å²) in [6, 6.07) is 3.95. The minimum Gasteiger partial charge on any atom is -0.459 e. The zero-order chi connectivity index (χ0) is 18.7. The van der Waals surface area contributed by atoms with Crippen molar-refractivity contribution in [3.8, 4) is 0 Å². The molecule has 8 nitrogen and oxygen atoms in total. The van der Waals surface area contributed by atoms with Crippen molar-refractivity contribution in [1.82, 2.24) is 25.1 Å². The van der Waals surface area contributed by atoms with Gasteiger partial charge in [-0.15, -0.1) is 5.10 Å². The van der Waals surface area contributed by atoms with Gasteiger partial charge in [-0.3, -0.25) is 4.79 Å². The summed E-state index contributed by atoms with van der Waals surface area (Å²) in [5, 5.41) is 12.4. The first-order valence-electron chi connectivity index (χ1n) is 9.42. The van der Waals surface area contributed by atoms with Gasteiger partial charge < -0.3 is 14.2 Å². The first kappa shape index (κ1) is 18.6. The summed E-state index contributed by atoms with van der Waals surface area (Å²) in [4.78, 5) is 15.8. The molecule has 1 atom stereocenters. The van der Waals surface area contributed by atoms with Crippen molar-refractivity contribution in [3.05, 3.63) is 30.0 Å². The Morgan fingerprint density at radius 3 is 2.58 bits per heavy atom. The van der Waals surface area contributed by atoms with Gasteiger partial charge in [-0.25, -0.2) is 4.68 Å². The zero-order valence-electron chi connectivity index (χ0n) is 16.1. The molecule has 0 spiro atoms. The third-order valence-electron chi connectivity index (χ3n) is 4.94. The van der Waals surface area contributed by atoms with Crippen LogP contribution in [0.15, 0.2) is 22.8 Å². The van der Waals surface area contributed by atoms with Gasteiger partial charge in [0.25, 0.3) is 5.91 Å². The van der Waals surface area contributed by atoms with Crippen molar-refractivity contribution < 1.29 is 14.1 Å². The fourth-order valence-corrected chi connectivity index (χ4v) is 3.63. The number of quaternary nitrogens is 1. The highest BCUT2D eigenvalue weighted by atomic mass is 16.3.